The predicted octanol–water partition coefficient (Wildman–Crippen LogP) is 1.38. The first-order valence-corrected chi connectivity index (χ1v) is 18.6. The number of unbranched alkanes of at least 4 members (excludes halogenated alkanes) is 1. The lowest BCUT2D eigenvalue weighted by Gasteiger charge is -2.34. The molecule has 0 bridgehead atoms. The maximum absolute atomic E-state index is 12.3. The number of nitrogens with one attached hydrogen (secondary N) is 2. The largest absolute Gasteiger partial charge is 0.383 e. The summed E-state index contributed by atoms with van der Waals surface area (Å²) in [6.07, 6.45) is 10.5. The summed E-state index contributed by atoms with van der Waals surface area (Å²) < 4.78 is 24.3. The number of amides is 1. The number of hydrogen-bond donors (Lipinski definition) is 4. The van der Waals surface area contributed by atoms with Gasteiger partial charge in [0.2, 0.25) is 11.9 Å². The predicted molar refractivity (Wildman–Crippen MR) is 204 cm³/mol. The molecule has 1 aliphatic rings. The van der Waals surface area contributed by atoms with Gasteiger partial charge in [0.15, 0.2) is 5.65 Å². The monoisotopic (exact) mass is 745 g/mol. The molecule has 6 rings (SSSR count). The second-order valence-corrected chi connectivity index (χ2v) is 12.8. The highest BCUT2D eigenvalue weighted by molar-refractivity contribution is 5.99. The van der Waals surface area contributed by atoms with Crippen molar-refractivity contribution in [2.24, 2.45) is 5.73 Å². The normalized spacial score (nSPS) is 13.7. The number of H-pyrrole nitrogens is 1. The Morgan fingerprint density at radius 1 is 0.833 bits per heavy atom. The maximum Gasteiger partial charge on any atom is 0.225 e. The van der Waals surface area contributed by atoms with Crippen molar-refractivity contribution in [1.29, 1.82) is 0 Å². The van der Waals surface area contributed by atoms with Gasteiger partial charge in [0.05, 0.1) is 58.2 Å². The minimum atomic E-state index is -0.0470. The summed E-state index contributed by atoms with van der Waals surface area (Å²) in [7, 11) is 0. The Morgan fingerprint density at radius 3 is 2.30 bits per heavy atom. The van der Waals surface area contributed by atoms with Crippen molar-refractivity contribution in [1.82, 2.24) is 49.9 Å². The molecule has 18 nitrogen and oxygen atoms in total. The number of aromatic amines is 1. The van der Waals surface area contributed by atoms with E-state index in [1.165, 1.54) is 6.33 Å². The van der Waals surface area contributed by atoms with E-state index in [1.807, 2.05) is 23.0 Å². The lowest BCUT2D eigenvalue weighted by molar-refractivity contribution is -0.122. The van der Waals surface area contributed by atoms with Crippen LogP contribution in [0.15, 0.2) is 43.2 Å². The van der Waals surface area contributed by atoms with Gasteiger partial charge in [0.1, 0.15) is 23.5 Å². The first-order valence-electron chi connectivity index (χ1n) is 18.6. The van der Waals surface area contributed by atoms with Gasteiger partial charge in [0, 0.05) is 100 Å². The average Bonchev–Trinajstić information content (AvgIpc) is 3.83. The molecule has 0 radical (unpaired) electrons. The molecule has 0 saturated carbocycles. The molecule has 0 atom stereocenters. The van der Waals surface area contributed by atoms with Gasteiger partial charge in [-0.05, 0) is 25.0 Å². The maximum atomic E-state index is 12.3. The van der Waals surface area contributed by atoms with Crippen molar-refractivity contribution >= 4 is 39.7 Å². The number of pyridine rings is 1. The standard InChI is InChI=1S/C36H51N13O5/c37-22-27-23-42-36(43-24-27)48-10-8-47(9-11-48)12-14-52-16-18-54-20-19-53-17-15-51-13-4-30(50)39-5-1-2-7-49-35-31(33(38)44-26-45-35)32(46-49)29-21-28-3-6-40-34(28)41-25-29/h3,6,21,23-26H,1-2,4-5,7-20,22,37H2,(H,39,50)(H,40,41)(H2,38,44,45). The summed E-state index contributed by atoms with van der Waals surface area (Å²) in [6, 6.07) is 3.98. The zero-order chi connectivity index (χ0) is 37.4. The third kappa shape index (κ3) is 11.1. The van der Waals surface area contributed by atoms with Gasteiger partial charge in [-0.1, -0.05) is 0 Å². The Kier molecular flexibility index (Phi) is 14.8. The molecule has 0 unspecified atom stereocenters. The van der Waals surface area contributed by atoms with Gasteiger partial charge in [-0.15, -0.1) is 0 Å². The van der Waals surface area contributed by atoms with Crippen LogP contribution in [0.4, 0.5) is 11.8 Å². The number of nitrogen functional groups attached to an aromatic ring is 1. The zero-order valence-electron chi connectivity index (χ0n) is 30.7. The molecule has 1 aliphatic heterocycles. The molecule has 6 N–H and O–H groups in total. The van der Waals surface area contributed by atoms with Crippen molar-refractivity contribution in [3.05, 3.63) is 48.8 Å². The lowest BCUT2D eigenvalue weighted by atomic mass is 10.1. The van der Waals surface area contributed by atoms with E-state index in [4.69, 9.17) is 35.5 Å². The van der Waals surface area contributed by atoms with Crippen molar-refractivity contribution in [2.75, 3.05) is 103 Å². The molecule has 18 heteroatoms. The van der Waals surface area contributed by atoms with Gasteiger partial charge < -0.3 is 45.6 Å². The highest BCUT2D eigenvalue weighted by Gasteiger charge is 2.19. The van der Waals surface area contributed by atoms with Crippen LogP contribution in [-0.4, -0.2) is 143 Å². The van der Waals surface area contributed by atoms with E-state index in [0.29, 0.717) is 101 Å². The number of hydrogen-bond acceptors (Lipinski definition) is 15. The summed E-state index contributed by atoms with van der Waals surface area (Å²) in [5, 5.41) is 9.46. The van der Waals surface area contributed by atoms with Crippen LogP contribution in [0.1, 0.15) is 24.8 Å². The number of carbonyl (C=O) groups excluding carboxylic acids is 1. The Labute approximate surface area is 313 Å². The van der Waals surface area contributed by atoms with E-state index >= 15 is 0 Å². The number of piperazine rings is 1. The second-order valence-electron chi connectivity index (χ2n) is 12.8. The van der Waals surface area contributed by atoms with E-state index in [9.17, 15) is 4.79 Å². The number of anilines is 2. The van der Waals surface area contributed by atoms with Crippen LogP contribution >= 0.6 is 0 Å². The van der Waals surface area contributed by atoms with E-state index < -0.39 is 0 Å². The third-order valence-corrected chi connectivity index (χ3v) is 9.07. The van der Waals surface area contributed by atoms with Crippen molar-refractivity contribution in [2.45, 2.75) is 32.4 Å². The number of nitrogens with zero attached hydrogens (tertiary/aromatic N) is 9. The Morgan fingerprint density at radius 2 is 1.56 bits per heavy atom. The summed E-state index contributed by atoms with van der Waals surface area (Å²) >= 11 is 0. The summed E-state index contributed by atoms with van der Waals surface area (Å²) in [5.41, 5.74) is 15.8. The Balaban J connectivity index is 0.729. The Hall–Kier alpha value is -4.85. The second kappa shape index (κ2) is 20.6. The number of fused-ring (bicyclic) bond motifs is 2. The lowest BCUT2D eigenvalue weighted by Crippen LogP contribution is -2.47. The van der Waals surface area contributed by atoms with Gasteiger partial charge in [0.25, 0.3) is 0 Å². The number of nitrogens with two attached hydrogens (primary N) is 2. The molecule has 5 aromatic heterocycles. The van der Waals surface area contributed by atoms with Crippen LogP contribution < -0.4 is 21.7 Å². The minimum absolute atomic E-state index is 0.0470. The fourth-order valence-electron chi connectivity index (χ4n) is 6.07. The van der Waals surface area contributed by atoms with Crippen LogP contribution in [0.5, 0.6) is 0 Å². The molecule has 1 saturated heterocycles. The quantitative estimate of drug-likeness (QED) is 0.0694. The van der Waals surface area contributed by atoms with Crippen LogP contribution in [0.25, 0.3) is 33.3 Å². The van der Waals surface area contributed by atoms with Crippen LogP contribution in [-0.2, 0) is 36.8 Å². The number of aromatic nitrogens is 8. The Bertz CT molecular complexity index is 1880. The van der Waals surface area contributed by atoms with Crippen LogP contribution in [0.2, 0.25) is 0 Å². The van der Waals surface area contributed by atoms with Gasteiger partial charge in [-0.3, -0.25) is 9.69 Å². The number of carbonyl (C=O) groups is 1. The fourth-order valence-corrected chi connectivity index (χ4v) is 6.07. The third-order valence-electron chi connectivity index (χ3n) is 9.07. The molecule has 0 aromatic carbocycles. The first kappa shape index (κ1) is 38.9. The molecular weight excluding hydrogens is 694 g/mol. The SMILES string of the molecule is NCc1cnc(N2CCN(CCOCCOCCOCCOCCC(=O)NCCCCn3nc(-c4cnc5[nH]ccc5c4)c4c(N)ncnc43)CC2)nc1. The number of ether oxygens (including phenoxy) is 4. The molecule has 5 aromatic rings. The molecule has 1 amide bonds. The molecule has 1 fully saturated rings. The highest BCUT2D eigenvalue weighted by atomic mass is 16.6. The average molecular weight is 746 g/mol. The molecule has 0 spiro atoms. The van der Waals surface area contributed by atoms with E-state index in [1.54, 1.807) is 18.6 Å². The molecular formula is C36H51N13O5. The smallest absolute Gasteiger partial charge is 0.225 e. The first-order chi connectivity index (χ1) is 26.6. The fraction of sp³-hybridized carbons (Fsp3) is 0.528. The van der Waals surface area contributed by atoms with Gasteiger partial charge >= 0.3 is 0 Å². The van der Waals surface area contributed by atoms with Gasteiger partial charge in [-0.2, -0.15) is 5.10 Å². The van der Waals surface area contributed by atoms with Crippen LogP contribution in [0, 0.1) is 0 Å². The van der Waals surface area contributed by atoms with Crippen molar-refractivity contribution in [3.8, 4) is 11.3 Å². The van der Waals surface area contributed by atoms with E-state index in [-0.39, 0.29) is 5.91 Å². The van der Waals surface area contributed by atoms with Gasteiger partial charge in [-0.25, -0.2) is 29.6 Å². The summed E-state index contributed by atoms with van der Waals surface area (Å²) in [6.45, 7) is 10.1. The van der Waals surface area contributed by atoms with Crippen LogP contribution in [0.3, 0.4) is 0 Å². The topological polar surface area (TPSA) is 223 Å². The summed E-state index contributed by atoms with van der Waals surface area (Å²) in [4.78, 5) is 41.9. The molecule has 6 heterocycles. The van der Waals surface area contributed by atoms with E-state index in [2.05, 4.69) is 45.0 Å². The highest BCUT2D eigenvalue weighted by Crippen LogP contribution is 2.31. The van der Waals surface area contributed by atoms with E-state index in [0.717, 1.165) is 73.7 Å². The molecule has 54 heavy (non-hydrogen) atoms. The van der Waals surface area contributed by atoms with Crippen molar-refractivity contribution in [3.63, 3.8) is 0 Å². The molecule has 290 valence electrons. The van der Waals surface area contributed by atoms with Crippen molar-refractivity contribution < 1.29 is 23.7 Å². The molecule has 0 aliphatic carbocycles. The number of rotatable bonds is 23. The zero-order valence-corrected chi connectivity index (χ0v) is 30.7. The number of aryl methyl sites for hydroxylation is 1. The minimum Gasteiger partial charge on any atom is -0.383 e. The summed E-state index contributed by atoms with van der Waals surface area (Å²) in [5.74, 6) is 1.09.